The van der Waals surface area contributed by atoms with Crippen molar-refractivity contribution in [2.75, 3.05) is 44.4 Å². The van der Waals surface area contributed by atoms with Crippen molar-refractivity contribution in [2.45, 2.75) is 25.8 Å². The first kappa shape index (κ1) is 20.5. The lowest BCUT2D eigenvalue weighted by Crippen LogP contribution is -2.50. The number of fused-ring (bicyclic) bond motifs is 1. The first-order chi connectivity index (χ1) is 14.7. The van der Waals surface area contributed by atoms with Crippen LogP contribution in [0.3, 0.4) is 0 Å². The lowest BCUT2D eigenvalue weighted by molar-refractivity contribution is -0.121. The number of nitrogens with zero attached hydrogens (tertiary/aromatic N) is 2. The molecule has 2 heterocycles. The van der Waals surface area contributed by atoms with Crippen molar-refractivity contribution >= 4 is 11.6 Å². The third-order valence-corrected chi connectivity index (χ3v) is 5.70. The summed E-state index contributed by atoms with van der Waals surface area (Å²) in [7, 11) is 0. The van der Waals surface area contributed by atoms with E-state index in [1.165, 1.54) is 6.07 Å². The number of para-hydroxylation sites is 1. The van der Waals surface area contributed by atoms with Gasteiger partial charge in [0.1, 0.15) is 5.82 Å². The minimum absolute atomic E-state index is 0.0167. The Bertz CT molecular complexity index is 884. The molecule has 1 saturated heterocycles. The van der Waals surface area contributed by atoms with Crippen LogP contribution in [0.25, 0.3) is 0 Å². The molecule has 160 valence electrons. The van der Waals surface area contributed by atoms with Gasteiger partial charge in [0.2, 0.25) is 12.7 Å². The number of benzene rings is 2. The van der Waals surface area contributed by atoms with Crippen LogP contribution in [0.4, 0.5) is 10.1 Å². The number of hydrogen-bond acceptors (Lipinski definition) is 5. The number of carbonyl (C=O) groups excluding carboxylic acids is 1. The zero-order chi connectivity index (χ0) is 20.9. The van der Waals surface area contributed by atoms with E-state index in [1.807, 2.05) is 37.3 Å². The lowest BCUT2D eigenvalue weighted by atomic mass is 10.0. The highest BCUT2D eigenvalue weighted by atomic mass is 19.1. The van der Waals surface area contributed by atoms with Gasteiger partial charge in [-0.05, 0) is 36.2 Å². The van der Waals surface area contributed by atoms with Gasteiger partial charge in [-0.2, -0.15) is 0 Å². The predicted molar refractivity (Wildman–Crippen MR) is 113 cm³/mol. The minimum atomic E-state index is -0.190. The summed E-state index contributed by atoms with van der Waals surface area (Å²) < 4.78 is 25.2. The van der Waals surface area contributed by atoms with Crippen LogP contribution in [-0.4, -0.2) is 50.3 Å². The molecule has 0 saturated carbocycles. The van der Waals surface area contributed by atoms with E-state index >= 15 is 0 Å². The highest BCUT2D eigenvalue weighted by Gasteiger charge is 2.28. The topological polar surface area (TPSA) is 54.0 Å². The summed E-state index contributed by atoms with van der Waals surface area (Å²) in [6, 6.07) is 12.9. The van der Waals surface area contributed by atoms with E-state index in [-0.39, 0.29) is 24.6 Å². The molecule has 1 atom stereocenters. The third kappa shape index (κ3) is 4.51. The Hall–Kier alpha value is -2.80. The molecular weight excluding hydrogens is 385 g/mol. The van der Waals surface area contributed by atoms with Crippen molar-refractivity contribution in [3.8, 4) is 11.5 Å². The summed E-state index contributed by atoms with van der Waals surface area (Å²) >= 11 is 0. The van der Waals surface area contributed by atoms with Crippen LogP contribution in [0.2, 0.25) is 0 Å². The quantitative estimate of drug-likeness (QED) is 0.755. The standard InChI is InChI=1S/C23H28FN3O3/c1-2-5-23(28)25-15-20(17-8-9-21-22(14-17)30-16-29-21)27-12-10-26(11-13-27)19-7-4-3-6-18(19)24/h3-4,6-9,14,20H,2,5,10-13,15-16H2,1H3,(H,25,28)/t20-/m0/s1. The summed E-state index contributed by atoms with van der Waals surface area (Å²) in [5.74, 6) is 1.36. The molecule has 7 heteroatoms. The van der Waals surface area contributed by atoms with Crippen molar-refractivity contribution in [1.82, 2.24) is 10.2 Å². The van der Waals surface area contributed by atoms with Gasteiger partial charge in [-0.1, -0.05) is 25.1 Å². The number of amides is 1. The van der Waals surface area contributed by atoms with Gasteiger partial charge in [-0.3, -0.25) is 9.69 Å². The molecule has 0 spiro atoms. The van der Waals surface area contributed by atoms with E-state index < -0.39 is 0 Å². The van der Waals surface area contributed by atoms with Crippen LogP contribution in [-0.2, 0) is 4.79 Å². The average Bonchev–Trinajstić information content (AvgIpc) is 3.23. The van der Waals surface area contributed by atoms with Gasteiger partial charge in [0.25, 0.3) is 0 Å². The molecule has 6 nitrogen and oxygen atoms in total. The molecular formula is C23H28FN3O3. The van der Waals surface area contributed by atoms with Crippen molar-refractivity contribution in [2.24, 2.45) is 0 Å². The second kappa shape index (κ2) is 9.34. The van der Waals surface area contributed by atoms with Crippen molar-refractivity contribution < 1.29 is 18.7 Å². The maximum absolute atomic E-state index is 14.2. The summed E-state index contributed by atoms with van der Waals surface area (Å²) in [5.41, 5.74) is 1.73. The Balaban J connectivity index is 1.48. The normalized spacial score (nSPS) is 17.1. The van der Waals surface area contributed by atoms with Crippen LogP contribution in [0, 0.1) is 5.82 Å². The molecule has 1 amide bonds. The van der Waals surface area contributed by atoms with Crippen molar-refractivity contribution in [3.63, 3.8) is 0 Å². The minimum Gasteiger partial charge on any atom is -0.454 e. The smallest absolute Gasteiger partial charge is 0.231 e. The molecule has 0 bridgehead atoms. The van der Waals surface area contributed by atoms with Crippen LogP contribution >= 0.6 is 0 Å². The molecule has 4 rings (SSSR count). The SMILES string of the molecule is CCCC(=O)NC[C@@H](c1ccc2c(c1)OCO2)N1CCN(c2ccccc2F)CC1. The number of anilines is 1. The van der Waals surface area contributed by atoms with E-state index in [0.717, 1.165) is 49.7 Å². The van der Waals surface area contributed by atoms with E-state index in [0.29, 0.717) is 18.7 Å². The van der Waals surface area contributed by atoms with E-state index in [1.54, 1.807) is 6.07 Å². The third-order valence-electron chi connectivity index (χ3n) is 5.70. The molecule has 0 aromatic heterocycles. The summed E-state index contributed by atoms with van der Waals surface area (Å²) in [6.45, 7) is 5.76. The Kier molecular flexibility index (Phi) is 6.38. The molecule has 0 radical (unpaired) electrons. The van der Waals surface area contributed by atoms with Gasteiger partial charge in [0.05, 0.1) is 11.7 Å². The maximum atomic E-state index is 14.2. The van der Waals surface area contributed by atoms with Crippen molar-refractivity contribution in [1.29, 1.82) is 0 Å². The Labute approximate surface area is 176 Å². The van der Waals surface area contributed by atoms with E-state index in [9.17, 15) is 9.18 Å². The highest BCUT2D eigenvalue weighted by molar-refractivity contribution is 5.75. The lowest BCUT2D eigenvalue weighted by Gasteiger charge is -2.40. The van der Waals surface area contributed by atoms with Gasteiger partial charge < -0.3 is 19.7 Å². The zero-order valence-corrected chi connectivity index (χ0v) is 17.3. The van der Waals surface area contributed by atoms with Gasteiger partial charge in [-0.25, -0.2) is 4.39 Å². The molecule has 30 heavy (non-hydrogen) atoms. The van der Waals surface area contributed by atoms with E-state index in [4.69, 9.17) is 9.47 Å². The molecule has 1 N–H and O–H groups in total. The van der Waals surface area contributed by atoms with Crippen LogP contribution in [0.15, 0.2) is 42.5 Å². The average molecular weight is 413 g/mol. The highest BCUT2D eigenvalue weighted by Crippen LogP contribution is 2.36. The molecule has 2 aliphatic heterocycles. The molecule has 2 aliphatic rings. The number of rotatable bonds is 7. The largest absolute Gasteiger partial charge is 0.454 e. The number of nitrogens with one attached hydrogen (secondary N) is 1. The molecule has 2 aromatic carbocycles. The fourth-order valence-corrected chi connectivity index (χ4v) is 4.09. The Morgan fingerprint density at radius 2 is 1.87 bits per heavy atom. The first-order valence-electron chi connectivity index (χ1n) is 10.6. The Morgan fingerprint density at radius 1 is 1.10 bits per heavy atom. The van der Waals surface area contributed by atoms with Gasteiger partial charge in [0.15, 0.2) is 11.5 Å². The van der Waals surface area contributed by atoms with Gasteiger partial charge >= 0.3 is 0 Å². The van der Waals surface area contributed by atoms with E-state index in [2.05, 4.69) is 15.1 Å². The molecule has 0 unspecified atom stereocenters. The number of hydrogen-bond donors (Lipinski definition) is 1. The Morgan fingerprint density at radius 3 is 2.63 bits per heavy atom. The molecule has 1 fully saturated rings. The van der Waals surface area contributed by atoms with Crippen LogP contribution in [0.1, 0.15) is 31.4 Å². The van der Waals surface area contributed by atoms with Crippen molar-refractivity contribution in [3.05, 3.63) is 53.8 Å². The monoisotopic (exact) mass is 413 g/mol. The maximum Gasteiger partial charge on any atom is 0.231 e. The second-order valence-corrected chi connectivity index (χ2v) is 7.66. The van der Waals surface area contributed by atoms with Gasteiger partial charge in [-0.15, -0.1) is 0 Å². The van der Waals surface area contributed by atoms with Crippen LogP contribution in [0.5, 0.6) is 11.5 Å². The number of piperazine rings is 1. The molecule has 2 aromatic rings. The fourth-order valence-electron chi connectivity index (χ4n) is 4.09. The summed E-state index contributed by atoms with van der Waals surface area (Å²) in [5, 5.41) is 3.07. The number of carbonyl (C=O) groups is 1. The second-order valence-electron chi connectivity index (χ2n) is 7.66. The predicted octanol–water partition coefficient (Wildman–Crippen LogP) is 3.33. The zero-order valence-electron chi connectivity index (χ0n) is 17.3. The van der Waals surface area contributed by atoms with Crippen LogP contribution < -0.4 is 19.7 Å². The molecule has 0 aliphatic carbocycles. The first-order valence-corrected chi connectivity index (χ1v) is 10.6. The number of halogens is 1. The fraction of sp³-hybridized carbons (Fsp3) is 0.435. The summed E-state index contributed by atoms with van der Waals surface area (Å²) in [6.07, 6.45) is 1.34. The van der Waals surface area contributed by atoms with Gasteiger partial charge in [0, 0.05) is 39.1 Å². The number of ether oxygens (including phenoxy) is 2. The summed E-state index contributed by atoms with van der Waals surface area (Å²) in [4.78, 5) is 16.5.